The normalized spacial score (nSPS) is 40.3. The average Bonchev–Trinajstić information content (AvgIpc) is 2.93. The number of Topliss-reactive ketones (excluding diaryl/α,β-unsaturated/α-hetero) is 1. The fourth-order valence-corrected chi connectivity index (χ4v) is 6.60. The summed E-state index contributed by atoms with van der Waals surface area (Å²) in [6.45, 7) is 4.69. The van der Waals surface area contributed by atoms with Crippen LogP contribution in [0.4, 0.5) is 0 Å². The summed E-state index contributed by atoms with van der Waals surface area (Å²) in [7, 11) is 1.68. The van der Waals surface area contributed by atoms with Crippen molar-refractivity contribution in [3.05, 3.63) is 22.8 Å². The van der Waals surface area contributed by atoms with Gasteiger partial charge in [-0.05, 0) is 86.3 Å². The van der Waals surface area contributed by atoms with Crippen molar-refractivity contribution >= 4 is 11.6 Å². The number of ketones is 2. The molecule has 0 aliphatic heterocycles. The van der Waals surface area contributed by atoms with Crippen LogP contribution in [0.15, 0.2) is 22.8 Å². The number of hydrogen-bond acceptors (Lipinski definition) is 3. The van der Waals surface area contributed by atoms with Crippen molar-refractivity contribution in [3.8, 4) is 0 Å². The van der Waals surface area contributed by atoms with Crippen molar-refractivity contribution in [2.24, 2.45) is 29.1 Å². The molecule has 0 N–H and O–H groups in total. The lowest BCUT2D eigenvalue weighted by Gasteiger charge is -2.49. The highest BCUT2D eigenvalue weighted by Gasteiger charge is 2.54. The minimum absolute atomic E-state index is 0.00291. The number of methoxy groups -OCH3 is 1. The largest absolute Gasteiger partial charge is 0.384 e. The molecule has 0 saturated heterocycles. The predicted octanol–water partition coefficient (Wildman–Crippen LogP) is 4.27. The molecule has 4 aliphatic rings. The lowest BCUT2D eigenvalue weighted by molar-refractivity contribution is -0.125. The van der Waals surface area contributed by atoms with Crippen LogP contribution in [0, 0.1) is 29.1 Å². The van der Waals surface area contributed by atoms with Gasteiger partial charge >= 0.3 is 0 Å². The highest BCUT2D eigenvalue weighted by molar-refractivity contribution is 5.95. The zero-order valence-electron chi connectivity index (χ0n) is 15.8. The topological polar surface area (TPSA) is 43.4 Å². The molecule has 5 atom stereocenters. The SMILES string of the molecule is COCC1CC2=C3CC[C@]4(C)[C@@H](C(C)=O)CC[C@H]4[C@@H]3CCC2=CC1=O. The van der Waals surface area contributed by atoms with Crippen LogP contribution in [0.25, 0.3) is 0 Å². The molecule has 0 heterocycles. The summed E-state index contributed by atoms with van der Waals surface area (Å²) < 4.78 is 5.28. The number of carbonyl (C=O) groups is 2. The quantitative estimate of drug-likeness (QED) is 0.769. The maximum atomic E-state index is 12.3. The molecule has 3 nitrogen and oxygen atoms in total. The van der Waals surface area contributed by atoms with Gasteiger partial charge in [-0.1, -0.05) is 12.5 Å². The van der Waals surface area contributed by atoms with Gasteiger partial charge in [0, 0.05) is 18.9 Å². The minimum atomic E-state index is -0.00291. The minimum Gasteiger partial charge on any atom is -0.384 e. The first-order valence-electron chi connectivity index (χ1n) is 9.91. The highest BCUT2D eigenvalue weighted by Crippen LogP contribution is 2.62. The Morgan fingerprint density at radius 1 is 1.28 bits per heavy atom. The highest BCUT2D eigenvalue weighted by atomic mass is 16.5. The molecule has 0 amide bonds. The molecule has 0 spiro atoms. The summed E-state index contributed by atoms with van der Waals surface area (Å²) >= 11 is 0. The zero-order chi connectivity index (χ0) is 17.8. The zero-order valence-corrected chi connectivity index (χ0v) is 15.8. The number of carbonyl (C=O) groups excluding carboxylic acids is 2. The van der Waals surface area contributed by atoms with Crippen molar-refractivity contribution in [1.82, 2.24) is 0 Å². The third kappa shape index (κ3) is 2.58. The van der Waals surface area contributed by atoms with Crippen LogP contribution in [-0.2, 0) is 14.3 Å². The second kappa shape index (κ2) is 6.19. The van der Waals surface area contributed by atoms with E-state index in [0.29, 0.717) is 24.2 Å². The van der Waals surface area contributed by atoms with Crippen LogP contribution in [0.3, 0.4) is 0 Å². The van der Waals surface area contributed by atoms with Crippen molar-refractivity contribution in [2.75, 3.05) is 13.7 Å². The molecule has 0 aromatic rings. The van der Waals surface area contributed by atoms with E-state index < -0.39 is 0 Å². The van der Waals surface area contributed by atoms with Gasteiger partial charge in [-0.25, -0.2) is 0 Å². The third-order valence-electron chi connectivity index (χ3n) is 7.80. The van der Waals surface area contributed by atoms with E-state index in [1.165, 1.54) is 17.6 Å². The van der Waals surface area contributed by atoms with Crippen LogP contribution < -0.4 is 0 Å². The number of hydrogen-bond donors (Lipinski definition) is 0. The Balaban J connectivity index is 1.68. The van der Waals surface area contributed by atoms with Gasteiger partial charge in [-0.3, -0.25) is 9.59 Å². The average molecular weight is 342 g/mol. The third-order valence-corrected chi connectivity index (χ3v) is 7.80. The van der Waals surface area contributed by atoms with E-state index in [9.17, 15) is 9.59 Å². The van der Waals surface area contributed by atoms with Crippen LogP contribution in [0.5, 0.6) is 0 Å². The van der Waals surface area contributed by atoms with Crippen LogP contribution in [0.2, 0.25) is 0 Å². The summed E-state index contributed by atoms with van der Waals surface area (Å²) in [5.41, 5.74) is 4.59. The summed E-state index contributed by atoms with van der Waals surface area (Å²) in [4.78, 5) is 24.5. The Morgan fingerprint density at radius 3 is 2.80 bits per heavy atom. The fraction of sp³-hybridized carbons (Fsp3) is 0.727. The van der Waals surface area contributed by atoms with E-state index in [4.69, 9.17) is 4.74 Å². The van der Waals surface area contributed by atoms with Gasteiger partial charge in [0.1, 0.15) is 5.78 Å². The number of fused-ring (bicyclic) bond motifs is 4. The molecule has 25 heavy (non-hydrogen) atoms. The molecule has 0 aromatic heterocycles. The first kappa shape index (κ1) is 17.2. The Bertz CT molecular complexity index is 671. The van der Waals surface area contributed by atoms with E-state index in [2.05, 4.69) is 6.92 Å². The maximum absolute atomic E-state index is 12.3. The first-order valence-corrected chi connectivity index (χ1v) is 9.91. The lowest BCUT2D eigenvalue weighted by atomic mass is 9.55. The van der Waals surface area contributed by atoms with Gasteiger partial charge in [-0.2, -0.15) is 0 Å². The van der Waals surface area contributed by atoms with Gasteiger partial charge in [0.25, 0.3) is 0 Å². The van der Waals surface area contributed by atoms with E-state index in [-0.39, 0.29) is 23.0 Å². The molecule has 1 unspecified atom stereocenters. The molecular weight excluding hydrogens is 312 g/mol. The molecule has 0 bridgehead atoms. The van der Waals surface area contributed by atoms with Crippen LogP contribution >= 0.6 is 0 Å². The Labute approximate surface area is 150 Å². The van der Waals surface area contributed by atoms with Crippen molar-refractivity contribution in [2.45, 2.75) is 58.8 Å². The summed E-state index contributed by atoms with van der Waals surface area (Å²) in [6, 6.07) is 0. The lowest BCUT2D eigenvalue weighted by Crippen LogP contribution is -2.42. The number of ether oxygens (including phenoxy) is 1. The molecule has 2 saturated carbocycles. The number of allylic oxidation sites excluding steroid dienone is 4. The molecule has 136 valence electrons. The van der Waals surface area contributed by atoms with Gasteiger partial charge in [0.05, 0.1) is 6.61 Å². The second-order valence-electron chi connectivity index (χ2n) is 8.93. The molecule has 3 heteroatoms. The molecule has 4 rings (SSSR count). The number of rotatable bonds is 3. The van der Waals surface area contributed by atoms with E-state index in [1.54, 1.807) is 19.6 Å². The van der Waals surface area contributed by atoms with E-state index in [1.807, 2.05) is 6.08 Å². The smallest absolute Gasteiger partial charge is 0.161 e. The van der Waals surface area contributed by atoms with Gasteiger partial charge in [0.15, 0.2) is 5.78 Å². The van der Waals surface area contributed by atoms with Crippen molar-refractivity contribution < 1.29 is 14.3 Å². The van der Waals surface area contributed by atoms with Crippen molar-refractivity contribution in [1.29, 1.82) is 0 Å². The Morgan fingerprint density at radius 2 is 2.08 bits per heavy atom. The van der Waals surface area contributed by atoms with Crippen LogP contribution in [-0.4, -0.2) is 25.3 Å². The summed E-state index contributed by atoms with van der Waals surface area (Å²) in [5.74, 6) is 2.18. The standard InChI is InChI=1S/C22H30O3/c1-13(23)19-6-7-20-17-5-4-14-11-21(24)15(12-25-3)10-18(14)16(17)8-9-22(19,20)2/h11,15,17,19-20H,4-10,12H2,1-3H3/t15?,17-,19-,20+,22-/m1/s1. The van der Waals surface area contributed by atoms with Gasteiger partial charge in [-0.15, -0.1) is 0 Å². The van der Waals surface area contributed by atoms with E-state index in [0.717, 1.165) is 38.5 Å². The van der Waals surface area contributed by atoms with Gasteiger partial charge in [0.2, 0.25) is 0 Å². The maximum Gasteiger partial charge on any atom is 0.161 e. The predicted molar refractivity (Wildman–Crippen MR) is 97.1 cm³/mol. The van der Waals surface area contributed by atoms with E-state index >= 15 is 0 Å². The molecule has 0 radical (unpaired) electrons. The molecule has 2 fully saturated rings. The molecular formula is C22H30O3. The molecule has 4 aliphatic carbocycles. The molecule has 0 aromatic carbocycles. The summed E-state index contributed by atoms with van der Waals surface area (Å²) in [5, 5.41) is 0. The Hall–Kier alpha value is -1.22. The fourth-order valence-electron chi connectivity index (χ4n) is 6.60. The summed E-state index contributed by atoms with van der Waals surface area (Å²) in [6.07, 6.45) is 9.49. The van der Waals surface area contributed by atoms with Crippen LogP contribution in [0.1, 0.15) is 58.8 Å². The van der Waals surface area contributed by atoms with Crippen molar-refractivity contribution in [3.63, 3.8) is 0 Å². The Kier molecular flexibility index (Phi) is 4.26. The second-order valence-corrected chi connectivity index (χ2v) is 8.93. The monoisotopic (exact) mass is 342 g/mol. The van der Waals surface area contributed by atoms with Gasteiger partial charge < -0.3 is 4.74 Å². The first-order chi connectivity index (χ1) is 12.0.